The van der Waals surface area contributed by atoms with E-state index in [1.54, 1.807) is 16.2 Å². The van der Waals surface area contributed by atoms with Gasteiger partial charge in [-0.15, -0.1) is 11.3 Å². The van der Waals surface area contributed by atoms with Crippen LogP contribution in [0.1, 0.15) is 47.7 Å². The van der Waals surface area contributed by atoms with E-state index in [4.69, 9.17) is 9.47 Å². The van der Waals surface area contributed by atoms with Crippen molar-refractivity contribution in [3.63, 3.8) is 0 Å². The first-order chi connectivity index (χ1) is 16.2. The Morgan fingerprint density at radius 1 is 1.09 bits per heavy atom. The third-order valence-electron chi connectivity index (χ3n) is 6.14. The van der Waals surface area contributed by atoms with Crippen molar-refractivity contribution in [2.24, 2.45) is 0 Å². The molecule has 0 saturated heterocycles. The Morgan fingerprint density at radius 2 is 1.94 bits per heavy atom. The molecule has 2 aliphatic rings. The van der Waals surface area contributed by atoms with Gasteiger partial charge in [-0.2, -0.15) is 11.3 Å². The normalized spacial score (nSPS) is 16.0. The number of ether oxygens (including phenoxy) is 2. The van der Waals surface area contributed by atoms with E-state index >= 15 is 0 Å². The maximum absolute atomic E-state index is 13.6. The number of hydrogen-bond acceptors (Lipinski definition) is 6. The maximum atomic E-state index is 13.6. The number of nitrogens with one attached hydrogen (secondary N) is 1. The van der Waals surface area contributed by atoms with Crippen molar-refractivity contribution >= 4 is 34.5 Å². The molecule has 1 aliphatic carbocycles. The predicted octanol–water partition coefficient (Wildman–Crippen LogP) is 4.91. The van der Waals surface area contributed by atoms with Gasteiger partial charge in [-0.1, -0.05) is 25.0 Å². The maximum Gasteiger partial charge on any atom is 0.247 e. The summed E-state index contributed by atoms with van der Waals surface area (Å²) in [7, 11) is 0. The summed E-state index contributed by atoms with van der Waals surface area (Å²) in [4.78, 5) is 29.9. The molecule has 0 spiro atoms. The second kappa shape index (κ2) is 9.97. The van der Waals surface area contributed by atoms with E-state index in [0.29, 0.717) is 18.0 Å². The molecule has 2 amide bonds. The molecule has 8 heteroatoms. The van der Waals surface area contributed by atoms with E-state index in [1.165, 1.54) is 11.3 Å². The molecule has 33 heavy (non-hydrogen) atoms. The number of thiophene rings is 2. The highest BCUT2D eigenvalue weighted by Gasteiger charge is 2.34. The van der Waals surface area contributed by atoms with Crippen molar-refractivity contribution in [2.45, 2.75) is 50.7 Å². The van der Waals surface area contributed by atoms with Gasteiger partial charge >= 0.3 is 0 Å². The van der Waals surface area contributed by atoms with Gasteiger partial charge in [0.1, 0.15) is 6.04 Å². The molecule has 0 bridgehead atoms. The molecule has 3 heterocycles. The molecule has 1 atom stereocenters. The fraction of sp³-hybridized carbons (Fsp3) is 0.360. The number of fused-ring (bicyclic) bond motifs is 1. The first-order valence-electron chi connectivity index (χ1n) is 11.2. The number of nitrogens with zero attached hydrogens (tertiary/aromatic N) is 1. The predicted molar refractivity (Wildman–Crippen MR) is 129 cm³/mol. The lowest BCUT2D eigenvalue weighted by Gasteiger charge is -2.32. The van der Waals surface area contributed by atoms with Crippen molar-refractivity contribution < 1.29 is 19.1 Å². The molecule has 1 fully saturated rings. The van der Waals surface area contributed by atoms with Gasteiger partial charge < -0.3 is 19.7 Å². The average molecular weight is 483 g/mol. The Balaban J connectivity index is 1.46. The van der Waals surface area contributed by atoms with Crippen LogP contribution in [0.4, 0.5) is 0 Å². The smallest absolute Gasteiger partial charge is 0.247 e. The number of benzene rings is 1. The van der Waals surface area contributed by atoms with Crippen LogP contribution in [0.25, 0.3) is 0 Å². The van der Waals surface area contributed by atoms with E-state index in [2.05, 4.69) is 5.32 Å². The molecule has 1 aliphatic heterocycles. The summed E-state index contributed by atoms with van der Waals surface area (Å²) in [5.41, 5.74) is 1.74. The van der Waals surface area contributed by atoms with Crippen LogP contribution in [0.3, 0.4) is 0 Å². The average Bonchev–Trinajstić information content (AvgIpc) is 3.61. The van der Waals surface area contributed by atoms with E-state index in [9.17, 15) is 9.59 Å². The molecule has 0 radical (unpaired) electrons. The Morgan fingerprint density at radius 3 is 2.70 bits per heavy atom. The van der Waals surface area contributed by atoms with Crippen molar-refractivity contribution in [1.82, 2.24) is 10.2 Å². The van der Waals surface area contributed by atoms with E-state index in [0.717, 1.165) is 41.7 Å². The van der Waals surface area contributed by atoms with Gasteiger partial charge in [-0.25, -0.2) is 0 Å². The summed E-state index contributed by atoms with van der Waals surface area (Å²) in [6, 6.07) is 11.0. The molecule has 172 valence electrons. The quantitative estimate of drug-likeness (QED) is 0.495. The summed E-state index contributed by atoms with van der Waals surface area (Å²) < 4.78 is 11.0. The van der Waals surface area contributed by atoms with Crippen LogP contribution in [0.2, 0.25) is 0 Å². The molecule has 5 rings (SSSR count). The lowest BCUT2D eigenvalue weighted by Crippen LogP contribution is -2.46. The van der Waals surface area contributed by atoms with Gasteiger partial charge in [0.25, 0.3) is 0 Å². The van der Waals surface area contributed by atoms with Crippen LogP contribution < -0.4 is 14.8 Å². The highest BCUT2D eigenvalue weighted by Crippen LogP contribution is 2.34. The molecule has 1 N–H and O–H groups in total. The zero-order chi connectivity index (χ0) is 22.6. The van der Waals surface area contributed by atoms with Gasteiger partial charge in [0.2, 0.25) is 18.6 Å². The Kier molecular flexibility index (Phi) is 6.64. The molecular formula is C25H26N2O4S2. The number of carbonyl (C=O) groups is 2. The topological polar surface area (TPSA) is 67.9 Å². The van der Waals surface area contributed by atoms with Crippen LogP contribution in [0, 0.1) is 0 Å². The summed E-state index contributed by atoms with van der Waals surface area (Å²) in [6.07, 6.45) is 4.51. The van der Waals surface area contributed by atoms with E-state index < -0.39 is 6.04 Å². The molecule has 1 unspecified atom stereocenters. The van der Waals surface area contributed by atoms with Crippen molar-refractivity contribution in [1.29, 1.82) is 0 Å². The third-order valence-corrected chi connectivity index (χ3v) is 7.71. The SMILES string of the molecule is O=C(NC1CCCC1)C(c1ccsc1)N(Cc1ccc2c(c1)OCO2)C(=O)Cc1cccs1. The Hall–Kier alpha value is -2.84. The van der Waals surface area contributed by atoms with Gasteiger partial charge in [0.15, 0.2) is 11.5 Å². The Labute approximate surface area is 201 Å². The van der Waals surface area contributed by atoms with Crippen LogP contribution in [-0.2, 0) is 22.6 Å². The third kappa shape index (κ3) is 5.07. The minimum atomic E-state index is -0.685. The molecule has 6 nitrogen and oxygen atoms in total. The summed E-state index contributed by atoms with van der Waals surface area (Å²) in [5.74, 6) is 1.18. The first kappa shape index (κ1) is 22.0. The second-order valence-corrected chi connectivity index (χ2v) is 10.2. The number of hydrogen-bond donors (Lipinski definition) is 1. The minimum absolute atomic E-state index is 0.0760. The first-order valence-corrected chi connectivity index (χ1v) is 13.0. The van der Waals surface area contributed by atoms with Crippen molar-refractivity contribution in [3.05, 3.63) is 68.5 Å². The lowest BCUT2D eigenvalue weighted by atomic mass is 10.0. The number of amides is 2. The van der Waals surface area contributed by atoms with E-state index in [-0.39, 0.29) is 31.1 Å². The zero-order valence-electron chi connectivity index (χ0n) is 18.2. The van der Waals surface area contributed by atoms with Crippen LogP contribution in [0.5, 0.6) is 11.5 Å². The van der Waals surface area contributed by atoms with Gasteiger partial charge in [0.05, 0.1) is 6.42 Å². The van der Waals surface area contributed by atoms with Crippen LogP contribution in [-0.4, -0.2) is 29.5 Å². The van der Waals surface area contributed by atoms with Crippen LogP contribution >= 0.6 is 22.7 Å². The molecule has 2 aromatic heterocycles. The Bertz CT molecular complexity index is 1090. The highest BCUT2D eigenvalue weighted by molar-refractivity contribution is 7.10. The summed E-state index contributed by atoms with van der Waals surface area (Å²) in [5, 5.41) is 9.10. The minimum Gasteiger partial charge on any atom is -0.454 e. The summed E-state index contributed by atoms with van der Waals surface area (Å²) in [6.45, 7) is 0.501. The molecule has 1 aromatic carbocycles. The van der Waals surface area contributed by atoms with Crippen LogP contribution in [0.15, 0.2) is 52.5 Å². The molecular weight excluding hydrogens is 456 g/mol. The highest BCUT2D eigenvalue weighted by atomic mass is 32.1. The monoisotopic (exact) mass is 482 g/mol. The fourth-order valence-corrected chi connectivity index (χ4v) is 5.85. The number of carbonyl (C=O) groups excluding carboxylic acids is 2. The second-order valence-electron chi connectivity index (χ2n) is 8.41. The fourth-order valence-electron chi connectivity index (χ4n) is 4.48. The van der Waals surface area contributed by atoms with Crippen molar-refractivity contribution in [3.8, 4) is 11.5 Å². The van der Waals surface area contributed by atoms with Crippen molar-refractivity contribution in [2.75, 3.05) is 6.79 Å². The van der Waals surface area contributed by atoms with Gasteiger partial charge in [0, 0.05) is 17.5 Å². The lowest BCUT2D eigenvalue weighted by molar-refractivity contribution is -0.141. The van der Waals surface area contributed by atoms with Gasteiger partial charge in [-0.3, -0.25) is 9.59 Å². The molecule has 1 saturated carbocycles. The number of rotatable bonds is 8. The zero-order valence-corrected chi connectivity index (χ0v) is 19.8. The van der Waals surface area contributed by atoms with Gasteiger partial charge in [-0.05, 0) is 64.4 Å². The molecule has 3 aromatic rings. The largest absolute Gasteiger partial charge is 0.454 e. The van der Waals surface area contributed by atoms with E-state index in [1.807, 2.05) is 52.5 Å². The summed E-state index contributed by atoms with van der Waals surface area (Å²) >= 11 is 3.09. The standard InChI is InChI=1S/C25H26N2O4S2/c28-23(13-20-6-3-10-33-20)27(14-17-7-8-21-22(12-17)31-16-30-21)24(18-9-11-32-15-18)25(29)26-19-4-1-2-5-19/h3,6-12,15,19,24H,1-2,4-5,13-14,16H2,(H,26,29).